The highest BCUT2D eigenvalue weighted by Crippen LogP contribution is 2.43. The minimum Gasteiger partial charge on any atom is -0.370 e. The Balaban J connectivity index is 2.58. The molecule has 0 unspecified atom stereocenters. The van der Waals surface area contributed by atoms with Crippen molar-refractivity contribution < 1.29 is 4.74 Å². The van der Waals surface area contributed by atoms with Gasteiger partial charge in [0.15, 0.2) is 0 Å². The van der Waals surface area contributed by atoms with Gasteiger partial charge in [0.2, 0.25) is 0 Å². The van der Waals surface area contributed by atoms with E-state index in [1.165, 1.54) is 6.42 Å². The summed E-state index contributed by atoms with van der Waals surface area (Å²) in [5.41, 5.74) is 0.817. The van der Waals surface area contributed by atoms with Crippen molar-refractivity contribution in [3.05, 3.63) is 20.6 Å². The molecule has 0 amide bonds. The third-order valence-electron chi connectivity index (χ3n) is 3.60. The van der Waals surface area contributed by atoms with Crippen LogP contribution in [0.1, 0.15) is 51.6 Å². The smallest absolute Gasteiger partial charge is 0.144 e. The molecule has 0 atom stereocenters. The predicted molar refractivity (Wildman–Crippen MR) is 78.4 cm³/mol. The van der Waals surface area contributed by atoms with Crippen LogP contribution >= 0.6 is 28.1 Å². The molecule has 1 saturated carbocycles. The van der Waals surface area contributed by atoms with E-state index in [1.807, 2.05) is 0 Å². The number of hydrogen-bond donors (Lipinski definition) is 1. The monoisotopic (exact) mass is 330 g/mol. The molecular weight excluding hydrogens is 312 g/mol. The highest BCUT2D eigenvalue weighted by atomic mass is 79.9. The van der Waals surface area contributed by atoms with Crippen LogP contribution in [0, 0.1) is 4.64 Å². The van der Waals surface area contributed by atoms with E-state index in [2.05, 4.69) is 46.7 Å². The molecule has 2 rings (SSSR count). The molecule has 0 radical (unpaired) electrons. The summed E-state index contributed by atoms with van der Waals surface area (Å²) in [6.45, 7) is 6.47. The van der Waals surface area contributed by atoms with E-state index in [9.17, 15) is 0 Å². The quantitative estimate of drug-likeness (QED) is 0.825. The maximum Gasteiger partial charge on any atom is 0.144 e. The number of nitrogens with one attached hydrogen (secondary N) is 1. The number of H-pyrrole nitrogens is 1. The zero-order valence-electron chi connectivity index (χ0n) is 11.3. The van der Waals surface area contributed by atoms with E-state index in [4.69, 9.17) is 17.0 Å². The molecule has 0 aromatic carbocycles. The average molecular weight is 331 g/mol. The molecule has 18 heavy (non-hydrogen) atoms. The largest absolute Gasteiger partial charge is 0.370 e. The lowest BCUT2D eigenvalue weighted by Gasteiger charge is -2.40. The summed E-state index contributed by atoms with van der Waals surface area (Å²) in [4.78, 5) is 7.94. The maximum atomic E-state index is 5.67. The normalized spacial score (nSPS) is 18.5. The number of rotatable bonds is 2. The Morgan fingerprint density at radius 2 is 2.00 bits per heavy atom. The van der Waals surface area contributed by atoms with Crippen molar-refractivity contribution in [2.24, 2.45) is 0 Å². The van der Waals surface area contributed by atoms with Crippen LogP contribution in [0.2, 0.25) is 0 Å². The van der Waals surface area contributed by atoms with E-state index >= 15 is 0 Å². The first-order valence-electron chi connectivity index (χ1n) is 6.16. The van der Waals surface area contributed by atoms with Crippen LogP contribution in [0.4, 0.5) is 0 Å². The second kappa shape index (κ2) is 4.69. The van der Waals surface area contributed by atoms with Crippen LogP contribution in [0.3, 0.4) is 0 Å². The van der Waals surface area contributed by atoms with Crippen LogP contribution < -0.4 is 0 Å². The fraction of sp³-hybridized carbons (Fsp3) is 0.692. The molecule has 0 spiro atoms. The van der Waals surface area contributed by atoms with Gasteiger partial charge in [0.05, 0.1) is 4.47 Å². The highest BCUT2D eigenvalue weighted by molar-refractivity contribution is 9.10. The lowest BCUT2D eigenvalue weighted by Crippen LogP contribution is -2.38. The zero-order chi connectivity index (χ0) is 13.6. The van der Waals surface area contributed by atoms with Crippen molar-refractivity contribution in [1.29, 1.82) is 0 Å². The Labute approximate surface area is 121 Å². The molecule has 1 N–H and O–H groups in total. The molecule has 0 bridgehead atoms. The van der Waals surface area contributed by atoms with E-state index in [1.54, 1.807) is 7.11 Å². The Hall–Kier alpha value is -0.260. The van der Waals surface area contributed by atoms with Crippen LogP contribution in [0.5, 0.6) is 0 Å². The topological polar surface area (TPSA) is 37.9 Å². The number of nitrogens with zero attached hydrogens (tertiary/aromatic N) is 1. The third-order valence-corrected chi connectivity index (χ3v) is 4.93. The lowest BCUT2D eigenvalue weighted by atomic mass is 9.79. The average Bonchev–Trinajstić information content (AvgIpc) is 2.20. The number of hydrogen-bond acceptors (Lipinski definition) is 3. The van der Waals surface area contributed by atoms with Gasteiger partial charge in [-0.1, -0.05) is 33.0 Å². The second-order valence-electron chi connectivity index (χ2n) is 5.88. The van der Waals surface area contributed by atoms with Crippen LogP contribution in [0.25, 0.3) is 0 Å². The highest BCUT2D eigenvalue weighted by Gasteiger charge is 2.42. The summed E-state index contributed by atoms with van der Waals surface area (Å²) in [6.07, 6.45) is 3.19. The van der Waals surface area contributed by atoms with Gasteiger partial charge in [0.25, 0.3) is 0 Å². The third kappa shape index (κ3) is 2.28. The van der Waals surface area contributed by atoms with E-state index in [-0.39, 0.29) is 11.0 Å². The van der Waals surface area contributed by atoms with Gasteiger partial charge in [-0.05, 0) is 35.2 Å². The molecular formula is C13H19BrN2OS. The Morgan fingerprint density at radius 3 is 2.39 bits per heavy atom. The SMILES string of the molecule is COC1(c2nc(=S)c(Br)c(C(C)(C)C)[nH]2)CCC1. The van der Waals surface area contributed by atoms with E-state index in [0.717, 1.165) is 28.8 Å². The van der Waals surface area contributed by atoms with E-state index < -0.39 is 0 Å². The molecule has 0 saturated heterocycles. The number of methoxy groups -OCH3 is 1. The lowest BCUT2D eigenvalue weighted by molar-refractivity contribution is -0.0849. The summed E-state index contributed by atoms with van der Waals surface area (Å²) in [6, 6.07) is 0. The molecule has 5 heteroatoms. The molecule has 1 aromatic heterocycles. The second-order valence-corrected chi connectivity index (χ2v) is 7.06. The molecule has 100 valence electrons. The summed E-state index contributed by atoms with van der Waals surface area (Å²) in [5.74, 6) is 0.870. The van der Waals surface area contributed by atoms with Crippen LogP contribution in [-0.4, -0.2) is 17.1 Å². The summed E-state index contributed by atoms with van der Waals surface area (Å²) in [5, 5.41) is 0. The van der Waals surface area contributed by atoms with Gasteiger partial charge in [0, 0.05) is 18.2 Å². The number of ether oxygens (including phenoxy) is 1. The van der Waals surface area contributed by atoms with Gasteiger partial charge in [-0.25, -0.2) is 4.98 Å². The molecule has 1 aromatic rings. The van der Waals surface area contributed by atoms with Crippen molar-refractivity contribution in [2.45, 2.75) is 51.0 Å². The number of halogens is 1. The van der Waals surface area contributed by atoms with Gasteiger partial charge in [-0.15, -0.1) is 0 Å². The molecule has 1 aliphatic carbocycles. The zero-order valence-corrected chi connectivity index (χ0v) is 13.7. The van der Waals surface area contributed by atoms with Gasteiger partial charge in [-0.2, -0.15) is 0 Å². The van der Waals surface area contributed by atoms with Crippen molar-refractivity contribution >= 4 is 28.1 Å². The first kappa shape index (κ1) is 14.2. The van der Waals surface area contributed by atoms with Crippen molar-refractivity contribution in [3.63, 3.8) is 0 Å². The summed E-state index contributed by atoms with van der Waals surface area (Å²) < 4.78 is 7.16. The first-order chi connectivity index (χ1) is 8.30. The molecule has 1 aliphatic rings. The maximum absolute atomic E-state index is 5.67. The first-order valence-corrected chi connectivity index (χ1v) is 7.36. The standard InChI is InChI=1S/C13H19BrN2OS/c1-12(2,3)9-8(14)10(18)16-11(15-9)13(17-4)6-5-7-13/h5-7H2,1-4H3,(H,15,16,18). The van der Waals surface area contributed by atoms with Gasteiger partial charge >= 0.3 is 0 Å². The molecule has 1 heterocycles. The molecule has 3 nitrogen and oxygen atoms in total. The minimum absolute atomic E-state index is 0.0111. The Morgan fingerprint density at radius 1 is 1.39 bits per heavy atom. The summed E-state index contributed by atoms with van der Waals surface area (Å²) >= 11 is 8.89. The fourth-order valence-electron chi connectivity index (χ4n) is 2.23. The van der Waals surface area contributed by atoms with Gasteiger partial charge in [-0.3, -0.25) is 0 Å². The summed E-state index contributed by atoms with van der Waals surface area (Å²) in [7, 11) is 1.75. The minimum atomic E-state index is -0.256. The van der Waals surface area contributed by atoms with Crippen molar-refractivity contribution in [3.8, 4) is 0 Å². The molecule has 0 aliphatic heterocycles. The molecule has 1 fully saturated rings. The van der Waals surface area contributed by atoms with Crippen LogP contribution in [0.15, 0.2) is 4.47 Å². The predicted octanol–water partition coefficient (Wildman–Crippen LogP) is 4.22. The van der Waals surface area contributed by atoms with Crippen molar-refractivity contribution in [1.82, 2.24) is 9.97 Å². The van der Waals surface area contributed by atoms with Crippen molar-refractivity contribution in [2.75, 3.05) is 7.11 Å². The number of aromatic nitrogens is 2. The Kier molecular flexibility index (Phi) is 3.69. The van der Waals surface area contributed by atoms with E-state index in [0.29, 0.717) is 4.64 Å². The van der Waals surface area contributed by atoms with Gasteiger partial charge < -0.3 is 9.72 Å². The Bertz CT molecular complexity index is 509. The fourth-order valence-corrected chi connectivity index (χ4v) is 3.20. The van der Waals surface area contributed by atoms with Gasteiger partial charge in [0.1, 0.15) is 16.1 Å². The number of aromatic amines is 1. The van der Waals surface area contributed by atoms with Crippen LogP contribution in [-0.2, 0) is 15.8 Å².